The number of esters is 1. The molecular weight excluding hydrogens is 434 g/mol. The largest absolute Gasteiger partial charge is 0.497 e. The van der Waals surface area contributed by atoms with Crippen LogP contribution in [0.4, 0.5) is 0 Å². The third kappa shape index (κ3) is 7.69. The number of carbonyl (C=O) groups is 1. The van der Waals surface area contributed by atoms with Gasteiger partial charge in [-0.25, -0.2) is 0 Å². The van der Waals surface area contributed by atoms with Crippen molar-refractivity contribution in [3.8, 4) is 5.75 Å². The molecule has 0 amide bonds. The first-order valence-electron chi connectivity index (χ1n) is 12.4. The van der Waals surface area contributed by atoms with Crippen molar-refractivity contribution < 1.29 is 14.3 Å². The average molecular weight is 474 g/mol. The molecule has 0 radical (unpaired) electrons. The number of rotatable bonds is 10. The third-order valence-corrected chi connectivity index (χ3v) is 6.42. The van der Waals surface area contributed by atoms with E-state index in [0.717, 1.165) is 17.9 Å². The number of ether oxygens (including phenoxy) is 2. The van der Waals surface area contributed by atoms with Gasteiger partial charge in [-0.1, -0.05) is 72.8 Å². The van der Waals surface area contributed by atoms with Crippen LogP contribution in [0.5, 0.6) is 5.75 Å². The van der Waals surface area contributed by atoms with E-state index < -0.39 is 5.60 Å². The van der Waals surface area contributed by atoms with E-state index in [2.05, 4.69) is 67.3 Å². The molecule has 0 spiro atoms. The molecule has 0 unspecified atom stereocenters. The van der Waals surface area contributed by atoms with E-state index >= 15 is 0 Å². The molecule has 0 saturated heterocycles. The van der Waals surface area contributed by atoms with Crippen LogP contribution in [0.1, 0.15) is 57.4 Å². The van der Waals surface area contributed by atoms with Gasteiger partial charge in [-0.3, -0.25) is 9.69 Å². The number of benzene rings is 3. The van der Waals surface area contributed by atoms with Crippen LogP contribution in [0.15, 0.2) is 84.9 Å². The highest BCUT2D eigenvalue weighted by Crippen LogP contribution is 2.31. The number of nitrogens with zero attached hydrogens (tertiary/aromatic N) is 1. The minimum atomic E-state index is -0.551. The number of hydrogen-bond donors (Lipinski definition) is 0. The highest BCUT2D eigenvalue weighted by atomic mass is 16.6. The summed E-state index contributed by atoms with van der Waals surface area (Å²) in [5.41, 5.74) is 2.97. The first-order valence-corrected chi connectivity index (χ1v) is 12.4. The summed E-state index contributed by atoms with van der Waals surface area (Å²) < 4.78 is 11.3. The molecule has 186 valence electrons. The van der Waals surface area contributed by atoms with Crippen LogP contribution in [0, 0.1) is 5.92 Å². The minimum absolute atomic E-state index is 0.0673. The number of hydrogen-bond acceptors (Lipinski definition) is 4. The summed E-state index contributed by atoms with van der Waals surface area (Å²) >= 11 is 0. The molecule has 4 heteroatoms. The smallest absolute Gasteiger partial charge is 0.311 e. The maximum Gasteiger partial charge on any atom is 0.311 e. The van der Waals surface area contributed by atoms with Gasteiger partial charge in [0, 0.05) is 18.6 Å². The summed E-state index contributed by atoms with van der Waals surface area (Å²) in [4.78, 5) is 16.0. The van der Waals surface area contributed by atoms with Gasteiger partial charge in [0.2, 0.25) is 0 Å². The molecule has 0 aliphatic heterocycles. The molecule has 0 saturated carbocycles. The lowest BCUT2D eigenvalue weighted by molar-refractivity contribution is -0.162. The highest BCUT2D eigenvalue weighted by Gasteiger charge is 2.35. The fraction of sp³-hybridized carbons (Fsp3) is 0.387. The van der Waals surface area contributed by atoms with E-state index in [1.54, 1.807) is 7.11 Å². The quantitative estimate of drug-likeness (QED) is 0.302. The first kappa shape index (κ1) is 26.5. The molecule has 0 fully saturated rings. The summed E-state index contributed by atoms with van der Waals surface area (Å²) in [7, 11) is 1.66. The average Bonchev–Trinajstić information content (AvgIpc) is 2.85. The van der Waals surface area contributed by atoms with Crippen molar-refractivity contribution >= 4 is 5.97 Å². The SMILES string of the molecule is COc1ccc(C[C@H](C(=O)OC(C)(C)C)[C@@H](C)N(Cc2ccccc2)[C@H](C)c2ccccc2)cc1. The van der Waals surface area contributed by atoms with Crippen molar-refractivity contribution in [1.82, 2.24) is 4.90 Å². The Morgan fingerprint density at radius 2 is 1.40 bits per heavy atom. The molecule has 0 N–H and O–H groups in total. The molecular formula is C31H39NO3. The van der Waals surface area contributed by atoms with E-state index in [1.165, 1.54) is 11.1 Å². The second kappa shape index (κ2) is 12.0. The maximum atomic E-state index is 13.6. The van der Waals surface area contributed by atoms with Gasteiger partial charge < -0.3 is 9.47 Å². The Bertz CT molecular complexity index is 1040. The lowest BCUT2D eigenvalue weighted by Gasteiger charge is -2.39. The topological polar surface area (TPSA) is 38.8 Å². The Balaban J connectivity index is 1.97. The van der Waals surface area contributed by atoms with Crippen molar-refractivity contribution in [2.24, 2.45) is 5.92 Å². The van der Waals surface area contributed by atoms with Crippen molar-refractivity contribution in [3.63, 3.8) is 0 Å². The molecule has 0 aliphatic carbocycles. The molecule has 3 atom stereocenters. The lowest BCUT2D eigenvalue weighted by Crippen LogP contribution is -2.45. The zero-order valence-corrected chi connectivity index (χ0v) is 21.9. The van der Waals surface area contributed by atoms with Gasteiger partial charge in [-0.05, 0) is 69.9 Å². The van der Waals surface area contributed by atoms with Gasteiger partial charge >= 0.3 is 5.97 Å². The van der Waals surface area contributed by atoms with E-state index in [1.807, 2.05) is 57.2 Å². The van der Waals surface area contributed by atoms with E-state index in [4.69, 9.17) is 9.47 Å². The molecule has 35 heavy (non-hydrogen) atoms. The zero-order valence-electron chi connectivity index (χ0n) is 21.9. The van der Waals surface area contributed by atoms with Crippen molar-refractivity contribution in [1.29, 1.82) is 0 Å². The fourth-order valence-electron chi connectivity index (χ4n) is 4.43. The number of methoxy groups -OCH3 is 1. The lowest BCUT2D eigenvalue weighted by atomic mass is 9.89. The molecule has 0 aromatic heterocycles. The fourth-order valence-corrected chi connectivity index (χ4v) is 4.43. The molecule has 3 aromatic carbocycles. The first-order chi connectivity index (χ1) is 16.7. The van der Waals surface area contributed by atoms with Gasteiger partial charge in [0.1, 0.15) is 11.4 Å². The monoisotopic (exact) mass is 473 g/mol. The van der Waals surface area contributed by atoms with Gasteiger partial charge in [0.25, 0.3) is 0 Å². The van der Waals surface area contributed by atoms with Crippen LogP contribution in [-0.4, -0.2) is 29.6 Å². The van der Waals surface area contributed by atoms with Crippen molar-refractivity contribution in [3.05, 3.63) is 102 Å². The predicted molar refractivity (Wildman–Crippen MR) is 142 cm³/mol. The van der Waals surface area contributed by atoms with Crippen LogP contribution >= 0.6 is 0 Å². The van der Waals surface area contributed by atoms with Crippen molar-refractivity contribution in [2.45, 2.75) is 65.3 Å². The summed E-state index contributed by atoms with van der Waals surface area (Å²) in [5, 5.41) is 0. The van der Waals surface area contributed by atoms with Crippen molar-refractivity contribution in [2.75, 3.05) is 7.11 Å². The second-order valence-corrected chi connectivity index (χ2v) is 10.2. The summed E-state index contributed by atoms with van der Waals surface area (Å²) in [6.45, 7) is 10.9. The van der Waals surface area contributed by atoms with Gasteiger partial charge in [-0.2, -0.15) is 0 Å². The second-order valence-electron chi connectivity index (χ2n) is 10.2. The summed E-state index contributed by atoms with van der Waals surface area (Å²) in [6.07, 6.45) is 0.590. The Kier molecular flexibility index (Phi) is 9.11. The Hall–Kier alpha value is -3.11. The van der Waals surface area contributed by atoms with Crippen LogP contribution in [0.2, 0.25) is 0 Å². The normalized spacial score (nSPS) is 14.3. The standard InChI is InChI=1S/C31H39NO3/c1-23(27-15-11-8-12-16-27)32(22-26-13-9-7-10-14-26)24(2)29(30(33)35-31(3,4)5)21-25-17-19-28(34-6)20-18-25/h7-20,23-24,29H,21-22H2,1-6H3/t23-,24-,29+/m1/s1. The predicted octanol–water partition coefficient (Wildman–Crippen LogP) is 6.85. The Morgan fingerprint density at radius 3 is 1.94 bits per heavy atom. The zero-order chi connectivity index (χ0) is 25.4. The van der Waals surface area contributed by atoms with E-state index in [-0.39, 0.29) is 24.0 Å². The molecule has 0 bridgehead atoms. The summed E-state index contributed by atoms with van der Waals surface area (Å²) in [5.74, 6) is 0.302. The van der Waals surface area contributed by atoms with Crippen LogP contribution in [0.25, 0.3) is 0 Å². The van der Waals surface area contributed by atoms with Crippen LogP contribution in [0.3, 0.4) is 0 Å². The molecule has 0 heterocycles. The Labute approximate surface area is 210 Å². The van der Waals surface area contributed by atoms with Crippen LogP contribution in [-0.2, 0) is 22.5 Å². The maximum absolute atomic E-state index is 13.6. The van der Waals surface area contributed by atoms with Gasteiger partial charge in [0.05, 0.1) is 13.0 Å². The van der Waals surface area contributed by atoms with Gasteiger partial charge in [0.15, 0.2) is 0 Å². The van der Waals surface area contributed by atoms with Gasteiger partial charge in [-0.15, -0.1) is 0 Å². The molecule has 0 aliphatic rings. The van der Waals surface area contributed by atoms with E-state index in [0.29, 0.717) is 6.42 Å². The summed E-state index contributed by atoms with van der Waals surface area (Å²) in [6, 6.07) is 28.9. The van der Waals surface area contributed by atoms with E-state index in [9.17, 15) is 4.79 Å². The third-order valence-electron chi connectivity index (χ3n) is 6.42. The highest BCUT2D eigenvalue weighted by molar-refractivity contribution is 5.74. The Morgan fingerprint density at radius 1 is 0.829 bits per heavy atom. The molecule has 3 aromatic rings. The van der Waals surface area contributed by atoms with Crippen LogP contribution < -0.4 is 4.74 Å². The minimum Gasteiger partial charge on any atom is -0.497 e. The molecule has 3 rings (SSSR count). The molecule has 4 nitrogen and oxygen atoms in total. The number of carbonyl (C=O) groups excluding carboxylic acids is 1.